The zero-order valence-corrected chi connectivity index (χ0v) is 17.2. The Labute approximate surface area is 168 Å². The van der Waals surface area contributed by atoms with E-state index in [1.54, 1.807) is 53.3 Å². The Morgan fingerprint density at radius 1 is 1.00 bits per heavy atom. The van der Waals surface area contributed by atoms with E-state index in [1.165, 1.54) is 11.8 Å². The van der Waals surface area contributed by atoms with E-state index < -0.39 is 0 Å². The number of benzene rings is 1. The molecule has 1 amide bonds. The quantitative estimate of drug-likeness (QED) is 0.682. The molecular formula is C20H23N5O4. The Morgan fingerprint density at radius 2 is 1.69 bits per heavy atom. The minimum Gasteiger partial charge on any atom is -0.497 e. The third kappa shape index (κ3) is 3.98. The number of nitrogens with one attached hydrogen (secondary N) is 1. The topological polar surface area (TPSA) is 100 Å². The van der Waals surface area contributed by atoms with Gasteiger partial charge in [-0.15, -0.1) is 0 Å². The van der Waals surface area contributed by atoms with E-state index >= 15 is 0 Å². The van der Waals surface area contributed by atoms with E-state index in [4.69, 9.17) is 14.2 Å². The van der Waals surface area contributed by atoms with E-state index in [-0.39, 0.29) is 11.9 Å². The van der Waals surface area contributed by atoms with Gasteiger partial charge in [-0.1, -0.05) is 0 Å². The van der Waals surface area contributed by atoms with Gasteiger partial charge in [0, 0.05) is 12.6 Å². The minimum atomic E-state index is -0.326. The average molecular weight is 397 g/mol. The molecule has 1 aromatic carbocycles. The predicted octanol–water partition coefficient (Wildman–Crippen LogP) is 2.77. The molecule has 0 aliphatic rings. The number of aryl methyl sites for hydroxylation is 3. The van der Waals surface area contributed by atoms with Crippen molar-refractivity contribution in [1.82, 2.24) is 19.7 Å². The highest BCUT2D eigenvalue weighted by atomic mass is 16.5. The Kier molecular flexibility index (Phi) is 5.67. The van der Waals surface area contributed by atoms with Gasteiger partial charge in [0.2, 0.25) is 0 Å². The summed E-state index contributed by atoms with van der Waals surface area (Å²) in [5.41, 5.74) is 3.45. The van der Waals surface area contributed by atoms with Crippen LogP contribution in [0.3, 0.4) is 0 Å². The van der Waals surface area contributed by atoms with Gasteiger partial charge in [0.15, 0.2) is 0 Å². The lowest BCUT2D eigenvalue weighted by molar-refractivity contribution is 0.101. The highest BCUT2D eigenvalue weighted by Crippen LogP contribution is 2.33. The summed E-state index contributed by atoms with van der Waals surface area (Å²) in [6.07, 6.45) is 0. The van der Waals surface area contributed by atoms with Gasteiger partial charge in [-0.2, -0.15) is 15.1 Å². The summed E-state index contributed by atoms with van der Waals surface area (Å²) in [5, 5.41) is 7.34. The van der Waals surface area contributed by atoms with E-state index in [1.807, 2.05) is 6.07 Å². The lowest BCUT2D eigenvalue weighted by atomic mass is 10.1. The Morgan fingerprint density at radius 3 is 2.28 bits per heavy atom. The van der Waals surface area contributed by atoms with Gasteiger partial charge in [0.25, 0.3) is 5.91 Å². The number of aromatic nitrogens is 4. The third-order valence-electron chi connectivity index (χ3n) is 4.47. The molecule has 9 heteroatoms. The van der Waals surface area contributed by atoms with E-state index in [0.717, 1.165) is 5.56 Å². The molecule has 0 aliphatic carbocycles. The van der Waals surface area contributed by atoms with Crippen molar-refractivity contribution in [2.45, 2.75) is 13.8 Å². The number of carbonyl (C=O) groups excluding carboxylic acids is 1. The van der Waals surface area contributed by atoms with Gasteiger partial charge in [-0.25, -0.2) is 0 Å². The zero-order chi connectivity index (χ0) is 21.1. The normalized spacial score (nSPS) is 10.6. The van der Waals surface area contributed by atoms with Crippen molar-refractivity contribution in [2.75, 3.05) is 26.6 Å². The number of ether oxygens (including phenoxy) is 3. The molecule has 1 N–H and O–H groups in total. The van der Waals surface area contributed by atoms with E-state index in [2.05, 4.69) is 20.4 Å². The first-order valence-corrected chi connectivity index (χ1v) is 8.85. The van der Waals surface area contributed by atoms with Crippen molar-refractivity contribution in [3.8, 4) is 28.8 Å². The maximum absolute atomic E-state index is 12.9. The van der Waals surface area contributed by atoms with Crippen LogP contribution in [0.25, 0.3) is 11.3 Å². The van der Waals surface area contributed by atoms with Crippen LogP contribution in [0.15, 0.2) is 24.3 Å². The fourth-order valence-corrected chi connectivity index (χ4v) is 2.96. The number of hydrogen-bond donors (Lipinski definition) is 1. The molecule has 3 rings (SSSR count). The number of amides is 1. The highest BCUT2D eigenvalue weighted by molar-refractivity contribution is 6.04. The second-order valence-corrected chi connectivity index (χ2v) is 6.31. The van der Waals surface area contributed by atoms with Crippen molar-refractivity contribution in [3.63, 3.8) is 0 Å². The van der Waals surface area contributed by atoms with Gasteiger partial charge in [-0.3, -0.25) is 9.48 Å². The van der Waals surface area contributed by atoms with Crippen LogP contribution in [-0.4, -0.2) is 47.0 Å². The standard InChI is InChI=1S/C20H23N5O4/c1-11-18(12(2)22-20(21-11)29-6)23-19(26)16-10-15(24-25(16)3)14-9-13(27-4)7-8-17(14)28-5/h7-10H,1-6H3,(H,23,26). The molecule has 9 nitrogen and oxygen atoms in total. The van der Waals surface area contributed by atoms with Gasteiger partial charge >= 0.3 is 6.01 Å². The van der Waals surface area contributed by atoms with Crippen molar-refractivity contribution in [3.05, 3.63) is 41.3 Å². The summed E-state index contributed by atoms with van der Waals surface area (Å²) in [7, 11) is 6.37. The highest BCUT2D eigenvalue weighted by Gasteiger charge is 2.19. The first-order chi connectivity index (χ1) is 13.9. The molecule has 0 spiro atoms. The van der Waals surface area contributed by atoms with Crippen LogP contribution in [0.4, 0.5) is 5.69 Å². The minimum absolute atomic E-state index is 0.255. The van der Waals surface area contributed by atoms with Crippen LogP contribution in [-0.2, 0) is 7.05 Å². The summed E-state index contributed by atoms with van der Waals surface area (Å²) >= 11 is 0. The van der Waals surface area contributed by atoms with Crippen LogP contribution in [0.5, 0.6) is 17.5 Å². The summed E-state index contributed by atoms with van der Waals surface area (Å²) in [6.45, 7) is 3.56. The molecular weight excluding hydrogens is 374 g/mol. The summed E-state index contributed by atoms with van der Waals surface area (Å²) in [4.78, 5) is 21.3. The maximum Gasteiger partial charge on any atom is 0.316 e. The third-order valence-corrected chi connectivity index (χ3v) is 4.47. The summed E-state index contributed by atoms with van der Waals surface area (Å²) in [5.74, 6) is 0.971. The molecule has 0 aliphatic heterocycles. The van der Waals surface area contributed by atoms with E-state index in [0.29, 0.717) is 40.0 Å². The maximum atomic E-state index is 12.9. The first-order valence-electron chi connectivity index (χ1n) is 8.85. The summed E-state index contributed by atoms with van der Waals surface area (Å²) in [6, 6.07) is 7.36. The zero-order valence-electron chi connectivity index (χ0n) is 17.2. The second kappa shape index (κ2) is 8.17. The number of hydrogen-bond acceptors (Lipinski definition) is 7. The van der Waals surface area contributed by atoms with Gasteiger partial charge in [0.05, 0.1) is 44.1 Å². The van der Waals surface area contributed by atoms with Crippen molar-refractivity contribution in [2.24, 2.45) is 7.05 Å². The number of anilines is 1. The van der Waals surface area contributed by atoms with E-state index in [9.17, 15) is 4.79 Å². The van der Waals surface area contributed by atoms with Crippen LogP contribution in [0, 0.1) is 13.8 Å². The fourth-order valence-electron chi connectivity index (χ4n) is 2.96. The van der Waals surface area contributed by atoms with Crippen LogP contribution < -0.4 is 19.5 Å². The molecule has 152 valence electrons. The molecule has 29 heavy (non-hydrogen) atoms. The second-order valence-electron chi connectivity index (χ2n) is 6.31. The average Bonchev–Trinajstić information content (AvgIpc) is 3.11. The Bertz CT molecular complexity index is 1040. The Hall–Kier alpha value is -3.62. The predicted molar refractivity (Wildman–Crippen MR) is 108 cm³/mol. The lowest BCUT2D eigenvalue weighted by Gasteiger charge is -2.11. The van der Waals surface area contributed by atoms with Crippen LogP contribution in [0.1, 0.15) is 21.9 Å². The number of methoxy groups -OCH3 is 3. The molecule has 2 aromatic heterocycles. The molecule has 3 aromatic rings. The molecule has 0 saturated heterocycles. The van der Waals surface area contributed by atoms with Crippen LogP contribution >= 0.6 is 0 Å². The molecule has 0 radical (unpaired) electrons. The fraction of sp³-hybridized carbons (Fsp3) is 0.300. The van der Waals surface area contributed by atoms with Crippen molar-refractivity contribution < 1.29 is 19.0 Å². The largest absolute Gasteiger partial charge is 0.497 e. The molecule has 0 atom stereocenters. The molecule has 0 bridgehead atoms. The molecule has 0 fully saturated rings. The van der Waals surface area contributed by atoms with Crippen molar-refractivity contribution in [1.29, 1.82) is 0 Å². The van der Waals surface area contributed by atoms with Crippen LogP contribution in [0.2, 0.25) is 0 Å². The molecule has 2 heterocycles. The number of rotatable bonds is 6. The summed E-state index contributed by atoms with van der Waals surface area (Å²) < 4.78 is 17.3. The number of nitrogens with zero attached hydrogens (tertiary/aromatic N) is 4. The van der Waals surface area contributed by atoms with Gasteiger partial charge < -0.3 is 19.5 Å². The van der Waals surface area contributed by atoms with Crippen molar-refractivity contribution >= 4 is 11.6 Å². The molecule has 0 unspecified atom stereocenters. The molecule has 0 saturated carbocycles. The van der Waals surface area contributed by atoms with Gasteiger partial charge in [0.1, 0.15) is 17.2 Å². The SMILES string of the molecule is COc1ccc(OC)c(-c2cc(C(=O)Nc3c(C)nc(OC)nc3C)n(C)n2)c1. The smallest absolute Gasteiger partial charge is 0.316 e. The first kappa shape index (κ1) is 20.1. The Balaban J connectivity index is 1.95. The monoisotopic (exact) mass is 397 g/mol. The lowest BCUT2D eigenvalue weighted by Crippen LogP contribution is -2.18. The number of carbonyl (C=O) groups is 1. The van der Waals surface area contributed by atoms with Gasteiger partial charge in [-0.05, 0) is 38.1 Å².